The molecule has 28 heavy (non-hydrogen) atoms. The van der Waals surface area contributed by atoms with E-state index < -0.39 is 10.8 Å². The second kappa shape index (κ2) is 8.52. The topological polar surface area (TPSA) is 55.2 Å². The molecule has 0 saturated carbocycles. The summed E-state index contributed by atoms with van der Waals surface area (Å²) in [6.45, 7) is 6.27. The van der Waals surface area contributed by atoms with Gasteiger partial charge in [0.15, 0.2) is 0 Å². The van der Waals surface area contributed by atoms with Gasteiger partial charge in [-0.3, -0.25) is 9.00 Å². The second-order valence-electron chi connectivity index (χ2n) is 6.69. The molecule has 1 aromatic heterocycles. The van der Waals surface area contributed by atoms with Gasteiger partial charge >= 0.3 is 0 Å². The molecule has 0 aliphatic heterocycles. The van der Waals surface area contributed by atoms with Crippen LogP contribution in [0, 0.1) is 13.8 Å². The maximum absolute atomic E-state index is 13.1. The number of hydrogen-bond donors (Lipinski definition) is 0. The number of nitrogens with zero attached hydrogens (tertiary/aromatic N) is 3. The fourth-order valence-electron chi connectivity index (χ4n) is 3.24. The lowest BCUT2D eigenvalue weighted by atomic mass is 10.1. The minimum absolute atomic E-state index is 0.135. The lowest BCUT2D eigenvalue weighted by Crippen LogP contribution is -2.27. The van der Waals surface area contributed by atoms with Gasteiger partial charge in [0.05, 0.1) is 32.6 Å². The van der Waals surface area contributed by atoms with Gasteiger partial charge in [0.25, 0.3) is 5.91 Å². The summed E-state index contributed by atoms with van der Waals surface area (Å²) in [4.78, 5) is 15.3. The van der Waals surface area contributed by atoms with E-state index >= 15 is 0 Å². The Kier molecular flexibility index (Phi) is 6.09. The van der Waals surface area contributed by atoms with Crippen LogP contribution in [0.2, 0.25) is 0 Å². The highest BCUT2D eigenvalue weighted by molar-refractivity contribution is 7.85. The zero-order valence-electron chi connectivity index (χ0n) is 16.7. The minimum atomic E-state index is -1.18. The van der Waals surface area contributed by atoms with E-state index in [2.05, 4.69) is 5.10 Å². The zero-order valence-corrected chi connectivity index (χ0v) is 17.5. The van der Waals surface area contributed by atoms with Crippen molar-refractivity contribution in [2.45, 2.75) is 32.2 Å². The summed E-state index contributed by atoms with van der Waals surface area (Å²) >= 11 is 0. The number of amides is 1. The summed E-state index contributed by atoms with van der Waals surface area (Å²) in [6, 6.07) is 17.1. The third-order valence-electron chi connectivity index (χ3n) is 4.81. The van der Waals surface area contributed by atoms with Crippen molar-refractivity contribution in [3.05, 3.63) is 77.1 Å². The van der Waals surface area contributed by atoms with Crippen LogP contribution in [0.4, 0.5) is 0 Å². The lowest BCUT2D eigenvalue weighted by molar-refractivity contribution is 0.0781. The summed E-state index contributed by atoms with van der Waals surface area (Å²) in [5.41, 5.74) is 4.41. The van der Waals surface area contributed by atoms with Crippen LogP contribution >= 0.6 is 0 Å². The monoisotopic (exact) mass is 395 g/mol. The Balaban J connectivity index is 1.88. The first-order chi connectivity index (χ1) is 13.4. The molecule has 1 heterocycles. The number of benzene rings is 2. The Morgan fingerprint density at radius 1 is 1.07 bits per heavy atom. The van der Waals surface area contributed by atoms with Crippen molar-refractivity contribution in [3.8, 4) is 5.69 Å². The molecule has 0 radical (unpaired) electrons. The number of para-hydroxylation sites is 1. The van der Waals surface area contributed by atoms with Gasteiger partial charge in [-0.05, 0) is 38.1 Å². The maximum Gasteiger partial charge on any atom is 0.255 e. The van der Waals surface area contributed by atoms with Crippen LogP contribution in [0.1, 0.15) is 34.2 Å². The molecule has 0 unspecified atom stereocenters. The predicted octanol–water partition coefficient (Wildman–Crippen LogP) is 3.89. The predicted molar refractivity (Wildman–Crippen MR) is 112 cm³/mol. The molecule has 2 aromatic carbocycles. The third kappa shape index (κ3) is 3.92. The van der Waals surface area contributed by atoms with Crippen LogP contribution in [-0.2, 0) is 17.3 Å². The molecule has 6 heteroatoms. The fraction of sp³-hybridized carbons (Fsp3) is 0.273. The third-order valence-corrected chi connectivity index (χ3v) is 6.18. The molecule has 0 saturated heterocycles. The molecule has 0 N–H and O–H groups in total. The van der Waals surface area contributed by atoms with Crippen molar-refractivity contribution in [2.24, 2.45) is 0 Å². The smallest absolute Gasteiger partial charge is 0.255 e. The standard InChI is InChI=1S/C22H25N3O2S/c1-5-28(27)21-14-10-9-13-19(21)22(26)24(4)15-20-16(2)23-25(17(20)3)18-11-7-6-8-12-18/h6-14H,5,15H2,1-4H3/t28-/m0/s1. The van der Waals surface area contributed by atoms with E-state index in [0.29, 0.717) is 22.8 Å². The largest absolute Gasteiger partial charge is 0.337 e. The molecule has 146 valence electrons. The van der Waals surface area contributed by atoms with Crippen LogP contribution in [0.3, 0.4) is 0 Å². The normalized spacial score (nSPS) is 12.0. The Morgan fingerprint density at radius 3 is 2.39 bits per heavy atom. The lowest BCUT2D eigenvalue weighted by Gasteiger charge is -2.19. The molecule has 0 spiro atoms. The Morgan fingerprint density at radius 2 is 1.71 bits per heavy atom. The Hall–Kier alpha value is -2.73. The van der Waals surface area contributed by atoms with Gasteiger partial charge < -0.3 is 4.90 Å². The van der Waals surface area contributed by atoms with Crippen molar-refractivity contribution in [1.82, 2.24) is 14.7 Å². The number of carbonyl (C=O) groups is 1. The Labute approximate surface area is 168 Å². The van der Waals surface area contributed by atoms with Crippen molar-refractivity contribution < 1.29 is 9.00 Å². The van der Waals surface area contributed by atoms with Gasteiger partial charge in [-0.1, -0.05) is 37.3 Å². The second-order valence-corrected chi connectivity index (χ2v) is 8.40. The Bertz CT molecular complexity index is 1010. The van der Waals surface area contributed by atoms with Crippen LogP contribution < -0.4 is 0 Å². The highest BCUT2D eigenvalue weighted by Crippen LogP contribution is 2.21. The molecule has 3 aromatic rings. The maximum atomic E-state index is 13.1. The average Bonchev–Trinajstić information content (AvgIpc) is 3.01. The molecule has 0 bridgehead atoms. The molecular formula is C22H25N3O2S. The minimum Gasteiger partial charge on any atom is -0.337 e. The van der Waals surface area contributed by atoms with E-state index in [0.717, 1.165) is 22.6 Å². The first-order valence-corrected chi connectivity index (χ1v) is 10.6. The van der Waals surface area contributed by atoms with Gasteiger partial charge in [0.2, 0.25) is 0 Å². The van der Waals surface area contributed by atoms with Gasteiger partial charge in [-0.15, -0.1) is 0 Å². The molecule has 1 atom stereocenters. The van der Waals surface area contributed by atoms with Crippen molar-refractivity contribution in [2.75, 3.05) is 12.8 Å². The molecule has 5 nitrogen and oxygen atoms in total. The molecule has 1 amide bonds. The first kappa shape index (κ1) is 20.0. The van der Waals surface area contributed by atoms with Crippen molar-refractivity contribution in [1.29, 1.82) is 0 Å². The van der Waals surface area contributed by atoms with Crippen LogP contribution in [0.25, 0.3) is 5.69 Å². The molecule has 3 rings (SSSR count). The van der Waals surface area contributed by atoms with Crippen LogP contribution in [0.15, 0.2) is 59.5 Å². The average molecular weight is 396 g/mol. The van der Waals surface area contributed by atoms with E-state index in [1.807, 2.05) is 61.9 Å². The van der Waals surface area contributed by atoms with E-state index in [4.69, 9.17) is 0 Å². The quantitative estimate of drug-likeness (QED) is 0.636. The number of hydrogen-bond acceptors (Lipinski definition) is 3. The van der Waals surface area contributed by atoms with Crippen LogP contribution in [-0.4, -0.2) is 37.6 Å². The molecule has 0 fully saturated rings. The summed E-state index contributed by atoms with van der Waals surface area (Å²) in [5, 5.41) is 4.65. The number of aryl methyl sites for hydroxylation is 1. The van der Waals surface area contributed by atoms with Crippen LogP contribution in [0.5, 0.6) is 0 Å². The first-order valence-electron chi connectivity index (χ1n) is 9.27. The zero-order chi connectivity index (χ0) is 20.3. The van der Waals surface area contributed by atoms with Gasteiger partial charge in [-0.2, -0.15) is 5.10 Å². The summed E-state index contributed by atoms with van der Waals surface area (Å²) in [5.74, 6) is 0.347. The fourth-order valence-corrected chi connectivity index (χ4v) is 4.18. The molecular weight excluding hydrogens is 370 g/mol. The van der Waals surface area contributed by atoms with Crippen molar-refractivity contribution >= 4 is 16.7 Å². The van der Waals surface area contributed by atoms with Gasteiger partial charge in [0, 0.05) is 30.6 Å². The van der Waals surface area contributed by atoms with Gasteiger partial charge in [0.1, 0.15) is 0 Å². The highest BCUT2D eigenvalue weighted by atomic mass is 32.2. The van der Waals surface area contributed by atoms with E-state index in [1.54, 1.807) is 30.1 Å². The number of rotatable bonds is 6. The number of carbonyl (C=O) groups excluding carboxylic acids is 1. The number of aromatic nitrogens is 2. The SMILES string of the molecule is CC[S@](=O)c1ccccc1C(=O)N(C)Cc1c(C)nn(-c2ccccc2)c1C. The van der Waals surface area contributed by atoms with Gasteiger partial charge in [-0.25, -0.2) is 4.68 Å². The van der Waals surface area contributed by atoms with E-state index in [-0.39, 0.29) is 5.91 Å². The molecule has 0 aliphatic carbocycles. The van der Waals surface area contributed by atoms with E-state index in [9.17, 15) is 9.00 Å². The molecule has 0 aliphatic rings. The summed E-state index contributed by atoms with van der Waals surface area (Å²) in [6.07, 6.45) is 0. The van der Waals surface area contributed by atoms with E-state index in [1.165, 1.54) is 0 Å². The summed E-state index contributed by atoms with van der Waals surface area (Å²) in [7, 11) is 0.591. The highest BCUT2D eigenvalue weighted by Gasteiger charge is 2.21. The summed E-state index contributed by atoms with van der Waals surface area (Å²) < 4.78 is 14.2. The van der Waals surface area contributed by atoms with Crippen molar-refractivity contribution in [3.63, 3.8) is 0 Å².